The molecule has 0 radical (unpaired) electrons. The highest BCUT2D eigenvalue weighted by molar-refractivity contribution is 7.89. The van der Waals surface area contributed by atoms with Gasteiger partial charge in [-0.15, -0.1) is 0 Å². The van der Waals surface area contributed by atoms with Crippen molar-refractivity contribution in [2.24, 2.45) is 0 Å². The fraction of sp³-hybridized carbons (Fsp3) is 0.273. The van der Waals surface area contributed by atoms with Crippen molar-refractivity contribution >= 4 is 21.6 Å². The zero-order valence-electron chi connectivity index (χ0n) is 17.3. The third kappa shape index (κ3) is 4.68. The van der Waals surface area contributed by atoms with Gasteiger partial charge < -0.3 is 10.1 Å². The van der Waals surface area contributed by atoms with Crippen LogP contribution in [-0.2, 0) is 14.8 Å². The van der Waals surface area contributed by atoms with E-state index in [-0.39, 0.29) is 23.0 Å². The van der Waals surface area contributed by atoms with Crippen LogP contribution in [0.1, 0.15) is 24.2 Å². The number of benzene rings is 2. The minimum atomic E-state index is -3.62. The highest BCUT2D eigenvalue weighted by atomic mass is 32.2. The summed E-state index contributed by atoms with van der Waals surface area (Å²) in [6.45, 7) is 4.36. The molecule has 0 aliphatic carbocycles. The maximum Gasteiger partial charge on any atom is 0.255 e. The van der Waals surface area contributed by atoms with Crippen molar-refractivity contribution in [1.29, 1.82) is 0 Å². The number of carbonyl (C=O) groups is 1. The van der Waals surface area contributed by atoms with E-state index in [0.717, 1.165) is 5.69 Å². The summed E-state index contributed by atoms with van der Waals surface area (Å²) in [5.74, 6) is -0.279. The lowest BCUT2D eigenvalue weighted by molar-refractivity contribution is -0.0440. The Kier molecular flexibility index (Phi) is 5.90. The molecule has 1 amide bonds. The van der Waals surface area contributed by atoms with E-state index < -0.39 is 10.0 Å². The van der Waals surface area contributed by atoms with E-state index >= 15 is 0 Å². The molecule has 1 fully saturated rings. The number of nitrogens with zero attached hydrogens (tertiary/aromatic N) is 3. The first kappa shape index (κ1) is 21.2. The van der Waals surface area contributed by atoms with Gasteiger partial charge in [0.05, 0.1) is 22.8 Å². The Morgan fingerprint density at radius 2 is 1.68 bits per heavy atom. The number of ether oxygens (including phenoxy) is 1. The van der Waals surface area contributed by atoms with Gasteiger partial charge in [0, 0.05) is 36.7 Å². The Balaban J connectivity index is 1.44. The molecule has 2 atom stereocenters. The highest BCUT2D eigenvalue weighted by Gasteiger charge is 2.32. The topological polar surface area (TPSA) is 93.5 Å². The zero-order valence-corrected chi connectivity index (χ0v) is 18.1. The van der Waals surface area contributed by atoms with Gasteiger partial charge in [-0.25, -0.2) is 13.1 Å². The summed E-state index contributed by atoms with van der Waals surface area (Å²) >= 11 is 0. The average molecular weight is 441 g/mol. The molecule has 2 aromatic carbocycles. The van der Waals surface area contributed by atoms with Gasteiger partial charge in [0.1, 0.15) is 0 Å². The third-order valence-electron chi connectivity index (χ3n) is 5.03. The molecule has 3 aromatic rings. The van der Waals surface area contributed by atoms with Crippen LogP contribution in [0.25, 0.3) is 5.69 Å². The minimum Gasteiger partial charge on any atom is -0.373 e. The molecule has 0 unspecified atom stereocenters. The molecule has 31 heavy (non-hydrogen) atoms. The van der Waals surface area contributed by atoms with Gasteiger partial charge in [0.25, 0.3) is 5.91 Å². The molecule has 1 aliphatic heterocycles. The average Bonchev–Trinajstić information content (AvgIpc) is 3.28. The zero-order chi connectivity index (χ0) is 22.0. The van der Waals surface area contributed by atoms with E-state index in [4.69, 9.17) is 4.74 Å². The number of hydrogen-bond acceptors (Lipinski definition) is 5. The minimum absolute atomic E-state index is 0.156. The maximum atomic E-state index is 12.9. The molecule has 0 saturated carbocycles. The Morgan fingerprint density at radius 1 is 1.03 bits per heavy atom. The molecule has 162 valence electrons. The van der Waals surface area contributed by atoms with Crippen molar-refractivity contribution in [3.05, 3.63) is 72.6 Å². The van der Waals surface area contributed by atoms with E-state index in [2.05, 4.69) is 10.4 Å². The SMILES string of the molecule is C[C@@H]1CN(S(=O)(=O)c2ccc(NC(=O)c3ccc(-n4cccn4)cc3)cc2)C[C@H](C)O1. The van der Waals surface area contributed by atoms with Gasteiger partial charge in [-0.2, -0.15) is 9.40 Å². The molecule has 1 N–H and O–H groups in total. The normalized spacial score (nSPS) is 19.8. The number of morpholine rings is 1. The molecule has 1 aliphatic rings. The Bertz CT molecular complexity index is 1130. The predicted octanol–water partition coefficient (Wildman–Crippen LogP) is 2.92. The van der Waals surface area contributed by atoms with Crippen LogP contribution >= 0.6 is 0 Å². The number of amides is 1. The molecule has 4 rings (SSSR count). The van der Waals surface area contributed by atoms with E-state index in [1.54, 1.807) is 35.1 Å². The Hall–Kier alpha value is -3.01. The van der Waals surface area contributed by atoms with Crippen LogP contribution in [0.15, 0.2) is 71.9 Å². The van der Waals surface area contributed by atoms with Crippen LogP contribution in [0.5, 0.6) is 0 Å². The second kappa shape index (κ2) is 8.62. The lowest BCUT2D eigenvalue weighted by Gasteiger charge is -2.34. The fourth-order valence-corrected chi connectivity index (χ4v) is 5.17. The number of aromatic nitrogens is 2. The molecular weight excluding hydrogens is 416 g/mol. The smallest absolute Gasteiger partial charge is 0.255 e. The van der Waals surface area contributed by atoms with Crippen molar-refractivity contribution < 1.29 is 17.9 Å². The number of sulfonamides is 1. The quantitative estimate of drug-likeness (QED) is 0.658. The first-order valence-corrected chi connectivity index (χ1v) is 11.4. The fourth-order valence-electron chi connectivity index (χ4n) is 3.58. The van der Waals surface area contributed by atoms with Crippen molar-refractivity contribution in [1.82, 2.24) is 14.1 Å². The molecule has 2 heterocycles. The van der Waals surface area contributed by atoms with Crippen LogP contribution in [0.3, 0.4) is 0 Å². The van der Waals surface area contributed by atoms with Crippen molar-refractivity contribution in [2.75, 3.05) is 18.4 Å². The molecule has 0 bridgehead atoms. The van der Waals surface area contributed by atoms with E-state index in [1.165, 1.54) is 16.4 Å². The maximum absolute atomic E-state index is 12.9. The summed E-state index contributed by atoms with van der Waals surface area (Å²) in [6.07, 6.45) is 3.20. The molecule has 1 aromatic heterocycles. The Labute approximate surface area is 181 Å². The lowest BCUT2D eigenvalue weighted by atomic mass is 10.2. The standard InChI is InChI=1S/C22H24N4O4S/c1-16-14-25(15-17(2)30-16)31(28,29)21-10-6-19(7-11-21)24-22(27)18-4-8-20(9-5-18)26-13-3-12-23-26/h3-13,16-17H,14-15H2,1-2H3,(H,24,27)/t16-,17+. The molecule has 8 nitrogen and oxygen atoms in total. The summed E-state index contributed by atoms with van der Waals surface area (Å²) in [5, 5.41) is 6.95. The third-order valence-corrected chi connectivity index (χ3v) is 6.88. The lowest BCUT2D eigenvalue weighted by Crippen LogP contribution is -2.48. The van der Waals surface area contributed by atoms with Gasteiger partial charge in [0.15, 0.2) is 0 Å². The molecule has 0 spiro atoms. The molecular formula is C22H24N4O4S. The number of hydrogen-bond donors (Lipinski definition) is 1. The van der Waals surface area contributed by atoms with Crippen LogP contribution < -0.4 is 5.32 Å². The van der Waals surface area contributed by atoms with E-state index in [0.29, 0.717) is 24.3 Å². The summed E-state index contributed by atoms with van der Waals surface area (Å²) in [5.41, 5.74) is 1.86. The number of rotatable bonds is 5. The first-order chi connectivity index (χ1) is 14.8. The largest absolute Gasteiger partial charge is 0.373 e. The van der Waals surface area contributed by atoms with Crippen LogP contribution in [0.2, 0.25) is 0 Å². The summed E-state index contributed by atoms with van der Waals surface area (Å²) < 4.78 is 34.6. The van der Waals surface area contributed by atoms with E-state index in [1.807, 2.05) is 38.2 Å². The number of nitrogens with one attached hydrogen (secondary N) is 1. The van der Waals surface area contributed by atoms with Gasteiger partial charge in [-0.05, 0) is 68.4 Å². The van der Waals surface area contributed by atoms with Gasteiger partial charge in [-0.3, -0.25) is 4.79 Å². The summed E-state index contributed by atoms with van der Waals surface area (Å²) in [4.78, 5) is 12.7. The van der Waals surface area contributed by atoms with E-state index in [9.17, 15) is 13.2 Å². The van der Waals surface area contributed by atoms with Crippen molar-refractivity contribution in [3.8, 4) is 5.69 Å². The number of carbonyl (C=O) groups excluding carboxylic acids is 1. The predicted molar refractivity (Wildman–Crippen MR) is 117 cm³/mol. The van der Waals surface area contributed by atoms with Gasteiger partial charge >= 0.3 is 0 Å². The molecule has 9 heteroatoms. The van der Waals surface area contributed by atoms with Gasteiger partial charge in [-0.1, -0.05) is 0 Å². The molecule has 1 saturated heterocycles. The monoisotopic (exact) mass is 440 g/mol. The second-order valence-electron chi connectivity index (χ2n) is 7.56. The number of anilines is 1. The first-order valence-electron chi connectivity index (χ1n) is 10.00. The summed E-state index contributed by atoms with van der Waals surface area (Å²) in [6, 6.07) is 15.1. The Morgan fingerprint density at radius 3 is 2.26 bits per heavy atom. The van der Waals surface area contributed by atoms with Crippen LogP contribution in [-0.4, -0.2) is 53.7 Å². The van der Waals surface area contributed by atoms with Crippen molar-refractivity contribution in [2.45, 2.75) is 31.0 Å². The van der Waals surface area contributed by atoms with Gasteiger partial charge in [0.2, 0.25) is 10.0 Å². The van der Waals surface area contributed by atoms with Crippen LogP contribution in [0.4, 0.5) is 5.69 Å². The highest BCUT2D eigenvalue weighted by Crippen LogP contribution is 2.23. The van der Waals surface area contributed by atoms with Crippen molar-refractivity contribution in [3.63, 3.8) is 0 Å². The van der Waals surface area contributed by atoms with Crippen LogP contribution in [0, 0.1) is 0 Å². The second-order valence-corrected chi connectivity index (χ2v) is 9.49. The summed E-state index contributed by atoms with van der Waals surface area (Å²) in [7, 11) is -3.62.